The lowest BCUT2D eigenvalue weighted by Crippen LogP contribution is -2.44. The van der Waals surface area contributed by atoms with Crippen molar-refractivity contribution in [1.29, 1.82) is 5.41 Å². The second-order valence-electron chi connectivity index (χ2n) is 11.7. The van der Waals surface area contributed by atoms with Gasteiger partial charge in [0.05, 0.1) is 31.9 Å². The summed E-state index contributed by atoms with van der Waals surface area (Å²) < 4.78 is 11.3. The fraction of sp³-hybridized carbons (Fsp3) is 0.371. The predicted molar refractivity (Wildman–Crippen MR) is 167 cm³/mol. The van der Waals surface area contributed by atoms with Gasteiger partial charge >= 0.3 is 0 Å². The quantitative estimate of drug-likeness (QED) is 0.299. The van der Waals surface area contributed by atoms with Crippen LogP contribution in [0.25, 0.3) is 5.70 Å². The van der Waals surface area contributed by atoms with Crippen molar-refractivity contribution in [3.63, 3.8) is 0 Å². The Morgan fingerprint density at radius 2 is 1.69 bits per heavy atom. The molecule has 1 amide bonds. The van der Waals surface area contributed by atoms with Crippen molar-refractivity contribution >= 4 is 23.5 Å². The van der Waals surface area contributed by atoms with E-state index in [4.69, 9.17) is 14.9 Å². The van der Waals surface area contributed by atoms with Crippen LogP contribution < -0.4 is 19.7 Å². The number of nitrogens with zero attached hydrogens (tertiary/aromatic N) is 2. The predicted octanol–water partition coefficient (Wildman–Crippen LogP) is 5.92. The average molecular weight is 565 g/mol. The van der Waals surface area contributed by atoms with E-state index < -0.39 is 5.41 Å². The molecule has 3 aromatic carbocycles. The fourth-order valence-electron chi connectivity index (χ4n) is 6.72. The van der Waals surface area contributed by atoms with Gasteiger partial charge in [0.2, 0.25) is 5.91 Å². The molecule has 0 radical (unpaired) electrons. The maximum Gasteiger partial charge on any atom is 0.238 e. The fourth-order valence-corrected chi connectivity index (χ4v) is 6.72. The molecular weight excluding hydrogens is 524 g/mol. The van der Waals surface area contributed by atoms with Crippen molar-refractivity contribution in [2.75, 3.05) is 32.2 Å². The number of carbonyl (C=O) groups excluding carboxylic acids is 1. The number of fused-ring (bicyclic) bond motifs is 2. The van der Waals surface area contributed by atoms with E-state index >= 15 is 0 Å². The zero-order valence-corrected chi connectivity index (χ0v) is 24.6. The minimum absolute atomic E-state index is 0.159. The second kappa shape index (κ2) is 12.0. The molecule has 6 rings (SSSR count). The van der Waals surface area contributed by atoms with Gasteiger partial charge in [-0.2, -0.15) is 0 Å². The Balaban J connectivity index is 1.24. The van der Waals surface area contributed by atoms with Gasteiger partial charge in [-0.15, -0.1) is 0 Å². The monoisotopic (exact) mass is 564 g/mol. The van der Waals surface area contributed by atoms with Gasteiger partial charge in [0, 0.05) is 43.2 Å². The number of anilines is 1. The lowest BCUT2D eigenvalue weighted by atomic mass is 9.65. The van der Waals surface area contributed by atoms with Crippen molar-refractivity contribution in [3.05, 3.63) is 95.1 Å². The normalized spacial score (nSPS) is 18.5. The molecule has 0 aromatic heterocycles. The van der Waals surface area contributed by atoms with Crippen LogP contribution in [-0.2, 0) is 23.3 Å². The molecule has 3 aromatic rings. The topological polar surface area (TPSA) is 77.9 Å². The van der Waals surface area contributed by atoms with Gasteiger partial charge < -0.3 is 25.1 Å². The Kier molecular flexibility index (Phi) is 8.02. The van der Waals surface area contributed by atoms with Gasteiger partial charge in [-0.3, -0.25) is 9.69 Å². The van der Waals surface area contributed by atoms with Gasteiger partial charge in [-0.1, -0.05) is 48.9 Å². The molecule has 1 saturated carbocycles. The number of hydrogen-bond acceptors (Lipinski definition) is 6. The molecular formula is C35H40N4O3. The summed E-state index contributed by atoms with van der Waals surface area (Å²) in [6, 6.07) is 23.0. The molecule has 218 valence electrons. The highest BCUT2D eigenvalue weighted by molar-refractivity contribution is 6.10. The molecule has 0 bridgehead atoms. The smallest absolute Gasteiger partial charge is 0.238 e. The molecule has 42 heavy (non-hydrogen) atoms. The first-order valence-electron chi connectivity index (χ1n) is 15.0. The van der Waals surface area contributed by atoms with Crippen LogP contribution in [0.3, 0.4) is 0 Å². The standard InChI is InChI=1S/C35H40N4O3/c1-41-29-11-9-26(10-12-29)24-39-33-30(35(34(39)40)16-6-17-35)21-27(22-32(33)42-2)31(13-18-36)37-28-14-19-38(20-15-28)23-25-7-4-3-5-8-25/h3-5,7-13,18,21-22,28,36-37H,6,14-17,19-20,23-24H2,1-2H3/b31-13-,36-18?. The minimum Gasteiger partial charge on any atom is -0.497 e. The Morgan fingerprint density at radius 1 is 0.976 bits per heavy atom. The maximum atomic E-state index is 14.0. The number of hydrogen-bond donors (Lipinski definition) is 2. The number of piperidine rings is 1. The first-order valence-corrected chi connectivity index (χ1v) is 15.0. The second-order valence-corrected chi connectivity index (χ2v) is 11.7. The number of ether oxygens (including phenoxy) is 2. The number of rotatable bonds is 10. The zero-order chi connectivity index (χ0) is 29.1. The van der Waals surface area contributed by atoms with Gasteiger partial charge in [0.1, 0.15) is 11.5 Å². The molecule has 3 aliphatic rings. The molecule has 2 fully saturated rings. The first kappa shape index (κ1) is 28.0. The molecule has 2 N–H and O–H groups in total. The van der Waals surface area contributed by atoms with Crippen molar-refractivity contribution in [1.82, 2.24) is 10.2 Å². The van der Waals surface area contributed by atoms with Crippen molar-refractivity contribution in [3.8, 4) is 11.5 Å². The number of benzene rings is 3. The summed E-state index contributed by atoms with van der Waals surface area (Å²) in [7, 11) is 3.33. The number of methoxy groups -OCH3 is 2. The van der Waals surface area contributed by atoms with Gasteiger partial charge in [-0.05, 0) is 72.7 Å². The zero-order valence-electron chi connectivity index (χ0n) is 24.6. The summed E-state index contributed by atoms with van der Waals surface area (Å²) in [5.74, 6) is 1.65. The van der Waals surface area contributed by atoms with Crippen molar-refractivity contribution < 1.29 is 14.3 Å². The average Bonchev–Trinajstić information content (AvgIpc) is 3.26. The van der Waals surface area contributed by atoms with E-state index in [1.54, 1.807) is 14.2 Å². The van der Waals surface area contributed by atoms with E-state index in [1.165, 1.54) is 11.8 Å². The van der Waals surface area contributed by atoms with Gasteiger partial charge in [-0.25, -0.2) is 0 Å². The lowest BCUT2D eigenvalue weighted by molar-refractivity contribution is -0.126. The number of allylic oxidation sites excluding steroid dienone is 1. The summed E-state index contributed by atoms with van der Waals surface area (Å²) in [5.41, 5.74) is 5.70. The molecule has 7 nitrogen and oxygen atoms in total. The Morgan fingerprint density at radius 3 is 2.31 bits per heavy atom. The lowest BCUT2D eigenvalue weighted by Gasteiger charge is -2.37. The summed E-state index contributed by atoms with van der Waals surface area (Å²) in [6.07, 6.45) is 7.97. The van der Waals surface area contributed by atoms with Crippen LogP contribution in [0.5, 0.6) is 11.5 Å². The molecule has 1 saturated heterocycles. The first-order chi connectivity index (χ1) is 20.5. The van der Waals surface area contributed by atoms with E-state index in [0.29, 0.717) is 18.3 Å². The summed E-state index contributed by atoms with van der Waals surface area (Å²) in [4.78, 5) is 18.4. The van der Waals surface area contributed by atoms with E-state index in [9.17, 15) is 4.79 Å². The van der Waals surface area contributed by atoms with Crippen LogP contribution in [0.2, 0.25) is 0 Å². The molecule has 2 heterocycles. The van der Waals surface area contributed by atoms with E-state index in [-0.39, 0.29) is 5.91 Å². The summed E-state index contributed by atoms with van der Waals surface area (Å²) >= 11 is 0. The number of amides is 1. The third-order valence-electron chi connectivity index (χ3n) is 9.20. The van der Waals surface area contributed by atoms with E-state index in [2.05, 4.69) is 46.6 Å². The molecule has 1 aliphatic carbocycles. The maximum absolute atomic E-state index is 14.0. The summed E-state index contributed by atoms with van der Waals surface area (Å²) in [6.45, 7) is 3.50. The third kappa shape index (κ3) is 5.29. The molecule has 2 aliphatic heterocycles. The van der Waals surface area contributed by atoms with Crippen LogP contribution in [0.1, 0.15) is 54.4 Å². The Bertz CT molecular complexity index is 1460. The van der Waals surface area contributed by atoms with Crippen molar-refractivity contribution in [2.45, 2.75) is 56.7 Å². The number of nitrogens with one attached hydrogen (secondary N) is 2. The van der Waals surface area contributed by atoms with Gasteiger partial charge in [0.15, 0.2) is 0 Å². The van der Waals surface area contributed by atoms with E-state index in [0.717, 1.165) is 85.6 Å². The molecule has 0 atom stereocenters. The van der Waals surface area contributed by atoms with Gasteiger partial charge in [0.25, 0.3) is 0 Å². The van der Waals surface area contributed by atoms with Crippen LogP contribution in [0.4, 0.5) is 5.69 Å². The number of likely N-dealkylation sites (tertiary alicyclic amines) is 1. The van der Waals surface area contributed by atoms with Crippen LogP contribution in [0.15, 0.2) is 72.8 Å². The minimum atomic E-state index is -0.496. The summed E-state index contributed by atoms with van der Waals surface area (Å²) in [5, 5.41) is 11.7. The highest BCUT2D eigenvalue weighted by Crippen LogP contribution is 2.57. The number of carbonyl (C=O) groups is 1. The Labute approximate surface area is 248 Å². The van der Waals surface area contributed by atoms with E-state index in [1.807, 2.05) is 41.3 Å². The third-order valence-corrected chi connectivity index (χ3v) is 9.20. The van der Waals surface area contributed by atoms with Crippen LogP contribution in [-0.4, -0.2) is 50.4 Å². The molecule has 1 spiro atoms. The highest BCUT2D eigenvalue weighted by atomic mass is 16.5. The van der Waals surface area contributed by atoms with Crippen LogP contribution >= 0.6 is 0 Å². The highest BCUT2D eigenvalue weighted by Gasteiger charge is 2.55. The van der Waals surface area contributed by atoms with Crippen molar-refractivity contribution in [2.24, 2.45) is 0 Å². The Hall–Kier alpha value is -4.10. The SMILES string of the molecule is COc1ccc(CN2C(=O)C3(CCC3)c3cc(/C(=C/C=N)NC4CCN(Cc5ccccc5)CC4)cc(OC)c32)cc1. The van der Waals surface area contributed by atoms with Crippen LogP contribution in [0, 0.1) is 5.41 Å². The molecule has 0 unspecified atom stereocenters. The largest absolute Gasteiger partial charge is 0.497 e. The molecule has 7 heteroatoms.